The van der Waals surface area contributed by atoms with Crippen molar-refractivity contribution in [2.75, 3.05) is 49.1 Å². The van der Waals surface area contributed by atoms with E-state index >= 15 is 0 Å². The predicted molar refractivity (Wildman–Crippen MR) is 79.7 cm³/mol. The maximum absolute atomic E-state index is 10.1. The largest absolute Gasteiger partial charge is 0.506 e. The van der Waals surface area contributed by atoms with E-state index in [4.69, 9.17) is 0 Å². The fourth-order valence-electron chi connectivity index (χ4n) is 3.05. The van der Waals surface area contributed by atoms with Gasteiger partial charge in [0.15, 0.2) is 0 Å². The lowest BCUT2D eigenvalue weighted by atomic mass is 10.1. The molecule has 0 saturated carbocycles. The van der Waals surface area contributed by atoms with Crippen molar-refractivity contribution in [3.05, 3.63) is 18.2 Å². The molecule has 20 heavy (non-hydrogen) atoms. The van der Waals surface area contributed by atoms with Gasteiger partial charge in [0.05, 0.1) is 5.69 Å². The number of anilines is 2. The summed E-state index contributed by atoms with van der Waals surface area (Å²) < 4.78 is 0. The third kappa shape index (κ3) is 2.83. The molecule has 2 fully saturated rings. The molecule has 5 nitrogen and oxygen atoms in total. The minimum Gasteiger partial charge on any atom is -0.506 e. The van der Waals surface area contributed by atoms with E-state index in [1.807, 2.05) is 6.07 Å². The van der Waals surface area contributed by atoms with Gasteiger partial charge in [0.2, 0.25) is 0 Å². The number of piperidine rings is 1. The van der Waals surface area contributed by atoms with Crippen LogP contribution in [0.15, 0.2) is 18.2 Å². The number of phenols is 1. The van der Waals surface area contributed by atoms with Crippen LogP contribution in [0.3, 0.4) is 0 Å². The molecule has 0 spiro atoms. The average Bonchev–Trinajstić information content (AvgIpc) is 2.50. The van der Waals surface area contributed by atoms with Crippen molar-refractivity contribution in [3.63, 3.8) is 0 Å². The van der Waals surface area contributed by atoms with Gasteiger partial charge in [0, 0.05) is 45.0 Å². The van der Waals surface area contributed by atoms with E-state index in [1.54, 1.807) is 6.07 Å². The molecule has 2 aliphatic heterocycles. The van der Waals surface area contributed by atoms with Gasteiger partial charge in [-0.3, -0.25) is 0 Å². The van der Waals surface area contributed by atoms with Crippen LogP contribution in [0.2, 0.25) is 0 Å². The van der Waals surface area contributed by atoms with Gasteiger partial charge in [-0.15, -0.1) is 0 Å². The van der Waals surface area contributed by atoms with E-state index in [0.29, 0.717) is 18.8 Å². The molecule has 0 aliphatic carbocycles. The molecular weight excluding hydrogens is 254 g/mol. The van der Waals surface area contributed by atoms with Gasteiger partial charge >= 0.3 is 0 Å². The molecule has 2 aliphatic rings. The number of phenolic OH excluding ortho intramolecular Hbond substituents is 1. The second kappa shape index (κ2) is 5.89. The minimum absolute atomic E-state index is 0.331. The molecular formula is C15H23N3O2. The highest BCUT2D eigenvalue weighted by molar-refractivity contribution is 5.66. The molecule has 2 heterocycles. The number of piperazine rings is 1. The zero-order valence-corrected chi connectivity index (χ0v) is 11.8. The standard InChI is InChI=1S/C15H23N3O2/c19-15-5-4-13(16-6-2-1-3-7-16)12-14(15)17-8-10-18(20)11-9-17/h4-5,12,19-20H,1-3,6-11H2. The highest BCUT2D eigenvalue weighted by Crippen LogP contribution is 2.33. The fraction of sp³-hybridized carbons (Fsp3) is 0.600. The highest BCUT2D eigenvalue weighted by Gasteiger charge is 2.20. The van der Waals surface area contributed by atoms with Crippen molar-refractivity contribution < 1.29 is 10.3 Å². The molecule has 0 radical (unpaired) electrons. The van der Waals surface area contributed by atoms with Crippen LogP contribution in [0.25, 0.3) is 0 Å². The van der Waals surface area contributed by atoms with E-state index in [0.717, 1.165) is 31.9 Å². The number of nitrogens with zero attached hydrogens (tertiary/aromatic N) is 3. The summed E-state index contributed by atoms with van der Waals surface area (Å²) in [5.74, 6) is 0.331. The van der Waals surface area contributed by atoms with Gasteiger partial charge in [-0.05, 0) is 37.5 Å². The van der Waals surface area contributed by atoms with E-state index in [9.17, 15) is 10.3 Å². The molecule has 0 unspecified atom stereocenters. The molecule has 0 aromatic heterocycles. The summed E-state index contributed by atoms with van der Waals surface area (Å²) in [6, 6.07) is 5.89. The van der Waals surface area contributed by atoms with Crippen molar-refractivity contribution in [1.82, 2.24) is 5.06 Å². The van der Waals surface area contributed by atoms with Crippen LogP contribution < -0.4 is 9.80 Å². The predicted octanol–water partition coefficient (Wildman–Crippen LogP) is 1.89. The lowest BCUT2D eigenvalue weighted by Crippen LogP contribution is -2.44. The Hall–Kier alpha value is -1.46. The number of rotatable bonds is 2. The molecule has 5 heteroatoms. The number of hydrogen-bond donors (Lipinski definition) is 2. The Labute approximate surface area is 120 Å². The highest BCUT2D eigenvalue weighted by atomic mass is 16.5. The first-order valence-electron chi connectivity index (χ1n) is 7.51. The topological polar surface area (TPSA) is 50.2 Å². The average molecular weight is 277 g/mol. The lowest BCUT2D eigenvalue weighted by Gasteiger charge is -2.34. The SMILES string of the molecule is Oc1ccc(N2CCCCC2)cc1N1CCN(O)CC1. The summed E-state index contributed by atoms with van der Waals surface area (Å²) >= 11 is 0. The Morgan fingerprint density at radius 2 is 1.50 bits per heavy atom. The molecule has 1 aromatic carbocycles. The van der Waals surface area contributed by atoms with E-state index in [1.165, 1.54) is 30.0 Å². The molecule has 1 aromatic rings. The number of hydrogen-bond acceptors (Lipinski definition) is 5. The Morgan fingerprint density at radius 3 is 2.20 bits per heavy atom. The Balaban J connectivity index is 1.79. The second-order valence-electron chi connectivity index (χ2n) is 5.66. The maximum Gasteiger partial charge on any atom is 0.139 e. The summed E-state index contributed by atoms with van der Waals surface area (Å²) in [5.41, 5.74) is 2.09. The van der Waals surface area contributed by atoms with E-state index < -0.39 is 0 Å². The van der Waals surface area contributed by atoms with Crippen LogP contribution in [0.4, 0.5) is 11.4 Å². The van der Waals surface area contributed by atoms with Crippen molar-refractivity contribution in [2.24, 2.45) is 0 Å². The Morgan fingerprint density at radius 1 is 0.800 bits per heavy atom. The van der Waals surface area contributed by atoms with E-state index in [2.05, 4.69) is 15.9 Å². The van der Waals surface area contributed by atoms with Gasteiger partial charge < -0.3 is 20.1 Å². The zero-order chi connectivity index (χ0) is 13.9. The first kappa shape index (κ1) is 13.5. The smallest absolute Gasteiger partial charge is 0.139 e. The molecule has 110 valence electrons. The van der Waals surface area contributed by atoms with Crippen molar-refractivity contribution in [2.45, 2.75) is 19.3 Å². The molecule has 0 amide bonds. The molecule has 0 atom stereocenters. The summed E-state index contributed by atoms with van der Waals surface area (Å²) in [6.45, 7) is 4.94. The summed E-state index contributed by atoms with van der Waals surface area (Å²) in [6.07, 6.45) is 3.82. The van der Waals surface area contributed by atoms with Crippen LogP contribution in [0.5, 0.6) is 5.75 Å². The third-order valence-corrected chi connectivity index (χ3v) is 4.28. The van der Waals surface area contributed by atoms with Crippen LogP contribution >= 0.6 is 0 Å². The second-order valence-corrected chi connectivity index (χ2v) is 5.66. The van der Waals surface area contributed by atoms with Crippen LogP contribution in [0.1, 0.15) is 19.3 Å². The molecule has 3 rings (SSSR count). The zero-order valence-electron chi connectivity index (χ0n) is 11.8. The maximum atomic E-state index is 10.1. The number of benzene rings is 1. The van der Waals surface area contributed by atoms with Gasteiger partial charge in [-0.1, -0.05) is 0 Å². The third-order valence-electron chi connectivity index (χ3n) is 4.28. The van der Waals surface area contributed by atoms with Crippen molar-refractivity contribution in [3.8, 4) is 5.75 Å². The molecule has 2 saturated heterocycles. The first-order chi connectivity index (χ1) is 9.74. The molecule has 2 N–H and O–H groups in total. The van der Waals surface area contributed by atoms with Gasteiger partial charge in [-0.2, -0.15) is 5.06 Å². The van der Waals surface area contributed by atoms with Crippen LogP contribution in [0, 0.1) is 0 Å². The van der Waals surface area contributed by atoms with Crippen LogP contribution in [-0.2, 0) is 0 Å². The quantitative estimate of drug-likeness (QED) is 0.864. The summed E-state index contributed by atoms with van der Waals surface area (Å²) in [5, 5.41) is 20.9. The van der Waals surface area contributed by atoms with Crippen molar-refractivity contribution >= 4 is 11.4 Å². The lowest BCUT2D eigenvalue weighted by molar-refractivity contribution is -0.0936. The molecule has 0 bridgehead atoms. The van der Waals surface area contributed by atoms with Gasteiger partial charge in [0.1, 0.15) is 5.75 Å². The van der Waals surface area contributed by atoms with Gasteiger partial charge in [-0.25, -0.2) is 0 Å². The van der Waals surface area contributed by atoms with E-state index in [-0.39, 0.29) is 0 Å². The normalized spacial score (nSPS) is 21.2. The van der Waals surface area contributed by atoms with Crippen molar-refractivity contribution in [1.29, 1.82) is 0 Å². The minimum atomic E-state index is 0.331. The Kier molecular flexibility index (Phi) is 3.98. The monoisotopic (exact) mass is 277 g/mol. The van der Waals surface area contributed by atoms with Crippen LogP contribution in [-0.4, -0.2) is 54.6 Å². The number of aromatic hydroxyl groups is 1. The summed E-state index contributed by atoms with van der Waals surface area (Å²) in [7, 11) is 0. The Bertz CT molecular complexity index is 452. The first-order valence-corrected chi connectivity index (χ1v) is 7.51. The summed E-state index contributed by atoms with van der Waals surface area (Å²) in [4.78, 5) is 4.55. The fourth-order valence-corrected chi connectivity index (χ4v) is 3.05. The van der Waals surface area contributed by atoms with Gasteiger partial charge in [0.25, 0.3) is 0 Å². The number of hydroxylamine groups is 2.